The van der Waals surface area contributed by atoms with Crippen LogP contribution in [0.1, 0.15) is 38.3 Å². The molecule has 0 heterocycles. The molecule has 0 aliphatic rings. The fourth-order valence-electron chi connectivity index (χ4n) is 1.96. The van der Waals surface area contributed by atoms with Crippen LogP contribution < -0.4 is 5.32 Å². The Hall–Kier alpha value is -1.35. The molecule has 0 aliphatic carbocycles. The highest BCUT2D eigenvalue weighted by Gasteiger charge is 1.97. The summed E-state index contributed by atoms with van der Waals surface area (Å²) in [6.45, 7) is 12.5. The number of rotatable bonds is 8. The Balaban J connectivity index is 0.000000367. The number of nitrogens with zero attached hydrogens (tertiary/aromatic N) is 1. The summed E-state index contributed by atoms with van der Waals surface area (Å²) in [6.07, 6.45) is 3.07. The smallest absolute Gasteiger partial charge is 0.207 e. The van der Waals surface area contributed by atoms with E-state index in [9.17, 15) is 4.79 Å². The van der Waals surface area contributed by atoms with Crippen LogP contribution in [0.3, 0.4) is 0 Å². The molecule has 3 heteroatoms. The summed E-state index contributed by atoms with van der Waals surface area (Å²) < 4.78 is 0. The lowest BCUT2D eigenvalue weighted by Gasteiger charge is -2.18. The van der Waals surface area contributed by atoms with Crippen molar-refractivity contribution in [1.82, 2.24) is 10.2 Å². The molecule has 0 aliphatic heterocycles. The van der Waals surface area contributed by atoms with Crippen LogP contribution in [0.4, 0.5) is 0 Å². The van der Waals surface area contributed by atoms with Crippen molar-refractivity contribution in [3.63, 3.8) is 0 Å². The van der Waals surface area contributed by atoms with Gasteiger partial charge in [0.15, 0.2) is 0 Å². The fourth-order valence-corrected chi connectivity index (χ4v) is 1.96. The summed E-state index contributed by atoms with van der Waals surface area (Å²) >= 11 is 0. The van der Waals surface area contributed by atoms with Crippen molar-refractivity contribution < 1.29 is 4.79 Å². The second-order valence-corrected chi connectivity index (χ2v) is 4.85. The lowest BCUT2D eigenvalue weighted by Crippen LogP contribution is -2.32. The molecule has 1 aromatic rings. The number of nitrogens with one attached hydrogen (secondary N) is 1. The maximum atomic E-state index is 9.90. The fraction of sp³-hybridized carbons (Fsp3) is 0.588. The molecule has 3 nitrogen and oxygen atoms in total. The number of carbonyl (C=O) groups is 1. The van der Waals surface area contributed by atoms with Crippen molar-refractivity contribution >= 4 is 6.41 Å². The second-order valence-electron chi connectivity index (χ2n) is 4.85. The monoisotopic (exact) mass is 278 g/mol. The van der Waals surface area contributed by atoms with Crippen molar-refractivity contribution in [1.29, 1.82) is 0 Å². The van der Waals surface area contributed by atoms with Crippen LogP contribution in [0.15, 0.2) is 24.3 Å². The van der Waals surface area contributed by atoms with E-state index in [0.717, 1.165) is 39.0 Å². The summed E-state index contributed by atoms with van der Waals surface area (Å²) in [5.74, 6) is 0. The third kappa shape index (κ3) is 9.56. The van der Waals surface area contributed by atoms with Crippen molar-refractivity contribution in [3.8, 4) is 0 Å². The number of amides is 1. The molecule has 0 saturated heterocycles. The summed E-state index contributed by atoms with van der Waals surface area (Å²) in [4.78, 5) is 12.2. The van der Waals surface area contributed by atoms with Crippen molar-refractivity contribution in [3.05, 3.63) is 35.4 Å². The zero-order valence-corrected chi connectivity index (χ0v) is 13.5. The summed E-state index contributed by atoms with van der Waals surface area (Å²) in [7, 11) is 0. The van der Waals surface area contributed by atoms with Gasteiger partial charge in [-0.2, -0.15) is 0 Å². The van der Waals surface area contributed by atoms with Gasteiger partial charge in [-0.3, -0.25) is 4.79 Å². The lowest BCUT2D eigenvalue weighted by atomic mass is 10.1. The van der Waals surface area contributed by atoms with Crippen LogP contribution in [0.25, 0.3) is 0 Å². The highest BCUT2D eigenvalue weighted by atomic mass is 16.1. The number of carbonyl (C=O) groups excluding carboxylic acids is 1. The zero-order chi connectivity index (χ0) is 15.2. The molecule has 0 fully saturated rings. The molecule has 1 aromatic carbocycles. The maximum absolute atomic E-state index is 9.90. The van der Waals surface area contributed by atoms with Gasteiger partial charge in [0, 0.05) is 13.1 Å². The molecule has 0 bridgehead atoms. The van der Waals surface area contributed by atoms with Gasteiger partial charge in [0.05, 0.1) is 0 Å². The zero-order valence-electron chi connectivity index (χ0n) is 13.5. The summed E-state index contributed by atoms with van der Waals surface area (Å²) in [5.41, 5.74) is 2.78. The first-order valence-electron chi connectivity index (χ1n) is 7.62. The maximum Gasteiger partial charge on any atom is 0.207 e. The molecule has 0 unspecified atom stereocenters. The largest absolute Gasteiger partial charge is 0.357 e. The van der Waals surface area contributed by atoms with Gasteiger partial charge in [-0.15, -0.1) is 0 Å². The van der Waals surface area contributed by atoms with E-state index in [2.05, 4.69) is 62.2 Å². The average Bonchev–Trinajstić information content (AvgIpc) is 2.47. The van der Waals surface area contributed by atoms with E-state index < -0.39 is 0 Å². The van der Waals surface area contributed by atoms with Gasteiger partial charge in [0.25, 0.3) is 0 Å². The Morgan fingerprint density at radius 2 is 1.95 bits per heavy atom. The van der Waals surface area contributed by atoms with Crippen LogP contribution in [0.5, 0.6) is 0 Å². The first-order chi connectivity index (χ1) is 9.67. The number of likely N-dealkylation sites (N-methyl/N-ethyl adjacent to an activating group) is 1. The normalized spacial score (nSPS) is 9.85. The van der Waals surface area contributed by atoms with E-state index in [1.54, 1.807) is 0 Å². The molecule has 114 valence electrons. The molecule has 0 radical (unpaired) electrons. The van der Waals surface area contributed by atoms with E-state index in [1.807, 2.05) is 0 Å². The second kappa shape index (κ2) is 12.7. The number of aryl methyl sites for hydroxylation is 2. The van der Waals surface area contributed by atoms with Gasteiger partial charge in [0.2, 0.25) is 6.41 Å². The highest BCUT2D eigenvalue weighted by Crippen LogP contribution is 2.03. The van der Waals surface area contributed by atoms with E-state index >= 15 is 0 Å². The molecule has 0 spiro atoms. The van der Waals surface area contributed by atoms with Gasteiger partial charge in [-0.05, 0) is 38.4 Å². The molecule has 20 heavy (non-hydrogen) atoms. The first-order valence-corrected chi connectivity index (χ1v) is 7.62. The van der Waals surface area contributed by atoms with E-state index in [4.69, 9.17) is 0 Å². The van der Waals surface area contributed by atoms with Gasteiger partial charge in [-0.25, -0.2) is 0 Å². The minimum Gasteiger partial charge on any atom is -0.357 e. The third-order valence-corrected chi connectivity index (χ3v) is 3.13. The molecule has 1 rings (SSSR count). The highest BCUT2D eigenvalue weighted by molar-refractivity contribution is 5.45. The Bertz CT molecular complexity index is 353. The molecule has 0 aromatic heterocycles. The molecule has 0 saturated carbocycles. The summed E-state index contributed by atoms with van der Waals surface area (Å²) in [6, 6.07) is 8.61. The predicted octanol–water partition coefficient (Wildman–Crippen LogP) is 3.02. The molecule has 1 amide bonds. The SMILES string of the molecule is CCCN(CC)CCNC=O.CCc1cccc(C)c1. The molecule has 1 N–H and O–H groups in total. The van der Waals surface area contributed by atoms with Crippen LogP contribution >= 0.6 is 0 Å². The Kier molecular flexibility index (Phi) is 11.8. The van der Waals surface area contributed by atoms with E-state index in [0.29, 0.717) is 0 Å². The van der Waals surface area contributed by atoms with Crippen molar-refractivity contribution in [2.75, 3.05) is 26.2 Å². The van der Waals surface area contributed by atoms with Crippen LogP contribution in [0, 0.1) is 6.92 Å². The van der Waals surface area contributed by atoms with Gasteiger partial charge in [-0.1, -0.05) is 50.6 Å². The van der Waals surface area contributed by atoms with E-state index in [-0.39, 0.29) is 0 Å². The standard InChI is InChI=1S/C9H12.C8H18N2O/c1-3-9-6-4-5-8(2)7-9;1-3-6-10(4-2)7-5-9-8-11/h4-7H,3H2,1-2H3;8H,3-7H2,1-2H3,(H,9,11). The average molecular weight is 278 g/mol. The number of benzene rings is 1. The molecule has 0 atom stereocenters. The Morgan fingerprint density at radius 1 is 1.20 bits per heavy atom. The lowest BCUT2D eigenvalue weighted by molar-refractivity contribution is -0.109. The Labute approximate surface area is 124 Å². The first kappa shape index (κ1) is 18.7. The quantitative estimate of drug-likeness (QED) is 0.585. The van der Waals surface area contributed by atoms with Gasteiger partial charge >= 0.3 is 0 Å². The van der Waals surface area contributed by atoms with Gasteiger partial charge in [0.1, 0.15) is 0 Å². The summed E-state index contributed by atoms with van der Waals surface area (Å²) in [5, 5.41) is 2.65. The predicted molar refractivity (Wildman–Crippen MR) is 87.0 cm³/mol. The van der Waals surface area contributed by atoms with Crippen LogP contribution in [-0.4, -0.2) is 37.5 Å². The van der Waals surface area contributed by atoms with Crippen molar-refractivity contribution in [2.45, 2.75) is 40.5 Å². The van der Waals surface area contributed by atoms with E-state index in [1.165, 1.54) is 17.5 Å². The number of hydrogen-bond acceptors (Lipinski definition) is 2. The van der Waals surface area contributed by atoms with Crippen LogP contribution in [-0.2, 0) is 11.2 Å². The molecular formula is C17H30N2O. The Morgan fingerprint density at radius 3 is 2.40 bits per heavy atom. The minimum atomic E-state index is 0.750. The van der Waals surface area contributed by atoms with Crippen molar-refractivity contribution in [2.24, 2.45) is 0 Å². The van der Waals surface area contributed by atoms with Crippen LogP contribution in [0.2, 0.25) is 0 Å². The topological polar surface area (TPSA) is 32.3 Å². The molecular weight excluding hydrogens is 248 g/mol. The third-order valence-electron chi connectivity index (χ3n) is 3.13. The number of hydrogen-bond donors (Lipinski definition) is 1. The minimum absolute atomic E-state index is 0.750. The van der Waals surface area contributed by atoms with Gasteiger partial charge < -0.3 is 10.2 Å².